The zero-order valence-electron chi connectivity index (χ0n) is 10.5. The van der Waals surface area contributed by atoms with Crippen LogP contribution in [0.1, 0.15) is 29.6 Å². The van der Waals surface area contributed by atoms with Gasteiger partial charge in [-0.2, -0.15) is 0 Å². The van der Waals surface area contributed by atoms with Gasteiger partial charge in [-0.15, -0.1) is 0 Å². The number of para-hydroxylation sites is 1. The Morgan fingerprint density at radius 1 is 1.37 bits per heavy atom. The first-order valence-electron chi connectivity index (χ1n) is 6.23. The molecule has 0 spiro atoms. The van der Waals surface area contributed by atoms with E-state index in [1.54, 1.807) is 6.07 Å². The largest absolute Gasteiger partial charge is 0.505 e. The highest BCUT2D eigenvalue weighted by Crippen LogP contribution is 2.24. The van der Waals surface area contributed by atoms with Gasteiger partial charge >= 0.3 is 0 Å². The number of nitrogen functional groups attached to an aromatic ring is 1. The van der Waals surface area contributed by atoms with Crippen molar-refractivity contribution in [1.82, 2.24) is 10.6 Å². The van der Waals surface area contributed by atoms with Gasteiger partial charge in [0.05, 0.1) is 11.3 Å². The number of anilines is 1. The summed E-state index contributed by atoms with van der Waals surface area (Å²) in [5.41, 5.74) is 5.77. The van der Waals surface area contributed by atoms with Crippen LogP contribution in [0.5, 0.6) is 5.75 Å². The van der Waals surface area contributed by atoms with Crippen LogP contribution in [0, 0.1) is 0 Å². The van der Waals surface area contributed by atoms with Gasteiger partial charge in [-0.25, -0.2) is 0 Å². The highest BCUT2D eigenvalue weighted by atomic mass is 16.3. The van der Waals surface area contributed by atoms with Crippen LogP contribution in [0.2, 0.25) is 0 Å². The molecule has 102 valence electrons. The summed E-state index contributed by atoms with van der Waals surface area (Å²) in [5.74, 6) is -0.744. The van der Waals surface area contributed by atoms with E-state index in [1.807, 2.05) is 0 Å². The maximum Gasteiger partial charge on any atom is 0.255 e. The first-order valence-corrected chi connectivity index (χ1v) is 6.23. The standard InChI is InChI=1S/C13H17N3O3/c14-10-3-1-2-9(12(10)18)13(19)15-7-6-11(17)16-8-4-5-8/h1-3,8,18H,4-7,14H2,(H,15,19)(H,16,17). The van der Waals surface area contributed by atoms with Crippen molar-refractivity contribution < 1.29 is 14.7 Å². The number of aromatic hydroxyl groups is 1. The molecule has 2 rings (SSSR count). The van der Waals surface area contributed by atoms with Crippen LogP contribution in [0.15, 0.2) is 18.2 Å². The molecule has 0 radical (unpaired) electrons. The second-order valence-electron chi connectivity index (χ2n) is 4.59. The maximum atomic E-state index is 11.8. The first-order chi connectivity index (χ1) is 9.08. The Hall–Kier alpha value is -2.24. The maximum absolute atomic E-state index is 11.8. The lowest BCUT2D eigenvalue weighted by molar-refractivity contribution is -0.121. The van der Waals surface area contributed by atoms with Crippen LogP contribution < -0.4 is 16.4 Å². The van der Waals surface area contributed by atoms with Gasteiger partial charge < -0.3 is 21.5 Å². The van der Waals surface area contributed by atoms with E-state index in [2.05, 4.69) is 10.6 Å². The molecule has 0 aliphatic heterocycles. The fraction of sp³-hybridized carbons (Fsp3) is 0.385. The minimum absolute atomic E-state index is 0.0698. The van der Waals surface area contributed by atoms with Crippen molar-refractivity contribution in [3.63, 3.8) is 0 Å². The van der Waals surface area contributed by atoms with E-state index in [-0.39, 0.29) is 35.9 Å². The molecule has 0 bridgehead atoms. The van der Waals surface area contributed by atoms with Crippen LogP contribution in [-0.2, 0) is 4.79 Å². The molecule has 0 saturated heterocycles. The predicted molar refractivity (Wildman–Crippen MR) is 70.6 cm³/mol. The molecule has 1 saturated carbocycles. The second kappa shape index (κ2) is 5.60. The molecule has 0 atom stereocenters. The normalized spacial score (nSPS) is 13.9. The Balaban J connectivity index is 1.80. The second-order valence-corrected chi connectivity index (χ2v) is 4.59. The van der Waals surface area contributed by atoms with Crippen molar-refractivity contribution >= 4 is 17.5 Å². The lowest BCUT2D eigenvalue weighted by Crippen LogP contribution is -2.31. The zero-order chi connectivity index (χ0) is 13.8. The summed E-state index contributed by atoms with van der Waals surface area (Å²) in [6.07, 6.45) is 2.30. The molecule has 1 fully saturated rings. The van der Waals surface area contributed by atoms with Gasteiger partial charge in [0.15, 0.2) is 5.75 Å². The van der Waals surface area contributed by atoms with Crippen LogP contribution in [0.25, 0.3) is 0 Å². The van der Waals surface area contributed by atoms with Gasteiger partial charge in [-0.3, -0.25) is 9.59 Å². The molecule has 0 aromatic heterocycles. The molecule has 19 heavy (non-hydrogen) atoms. The third-order valence-electron chi connectivity index (χ3n) is 2.89. The van der Waals surface area contributed by atoms with E-state index in [1.165, 1.54) is 12.1 Å². The highest BCUT2D eigenvalue weighted by Gasteiger charge is 2.23. The van der Waals surface area contributed by atoms with E-state index >= 15 is 0 Å². The average Bonchev–Trinajstić information content (AvgIpc) is 3.16. The van der Waals surface area contributed by atoms with Gasteiger partial charge in [-0.1, -0.05) is 6.07 Å². The summed E-state index contributed by atoms with van der Waals surface area (Å²) in [6.45, 7) is 0.228. The van der Waals surface area contributed by atoms with Crippen LogP contribution in [0.3, 0.4) is 0 Å². The molecular weight excluding hydrogens is 246 g/mol. The predicted octanol–water partition coefficient (Wildman–Crippen LogP) is 0.373. The number of phenols is 1. The number of phenolic OH excluding ortho intramolecular Hbond substituents is 1. The van der Waals surface area contributed by atoms with Crippen molar-refractivity contribution in [3.8, 4) is 5.75 Å². The molecule has 6 nitrogen and oxygen atoms in total. The minimum atomic E-state index is -0.441. The Labute approximate surface area is 111 Å². The zero-order valence-corrected chi connectivity index (χ0v) is 10.5. The number of nitrogens with one attached hydrogen (secondary N) is 2. The van der Waals surface area contributed by atoms with Crippen LogP contribution in [0.4, 0.5) is 5.69 Å². The summed E-state index contributed by atoms with van der Waals surface area (Å²) >= 11 is 0. The van der Waals surface area contributed by atoms with Gasteiger partial charge in [0.2, 0.25) is 5.91 Å². The number of amides is 2. The molecule has 6 heteroatoms. The Morgan fingerprint density at radius 3 is 2.79 bits per heavy atom. The number of nitrogens with two attached hydrogens (primary N) is 1. The molecule has 2 amide bonds. The number of hydrogen-bond acceptors (Lipinski definition) is 4. The summed E-state index contributed by atoms with van der Waals surface area (Å²) in [7, 11) is 0. The monoisotopic (exact) mass is 263 g/mol. The van der Waals surface area contributed by atoms with Gasteiger partial charge in [-0.05, 0) is 25.0 Å². The van der Waals surface area contributed by atoms with E-state index in [9.17, 15) is 14.7 Å². The minimum Gasteiger partial charge on any atom is -0.505 e. The average molecular weight is 263 g/mol. The number of hydrogen-bond donors (Lipinski definition) is 4. The third kappa shape index (κ3) is 3.61. The first kappa shape index (κ1) is 13.2. The Bertz CT molecular complexity index is 498. The number of carbonyl (C=O) groups excluding carboxylic acids is 2. The summed E-state index contributed by atoms with van der Waals surface area (Å²) in [5, 5.41) is 15.0. The van der Waals surface area contributed by atoms with Crippen LogP contribution >= 0.6 is 0 Å². The van der Waals surface area contributed by atoms with Crippen molar-refractivity contribution in [3.05, 3.63) is 23.8 Å². The number of carbonyl (C=O) groups is 2. The van der Waals surface area contributed by atoms with Gasteiger partial charge in [0.1, 0.15) is 0 Å². The topological polar surface area (TPSA) is 104 Å². The van der Waals surface area contributed by atoms with E-state index in [0.29, 0.717) is 6.04 Å². The molecule has 5 N–H and O–H groups in total. The third-order valence-corrected chi connectivity index (χ3v) is 2.89. The van der Waals surface area contributed by atoms with Crippen molar-refractivity contribution in [1.29, 1.82) is 0 Å². The number of benzene rings is 1. The van der Waals surface area contributed by atoms with Crippen LogP contribution in [-0.4, -0.2) is 29.5 Å². The highest BCUT2D eigenvalue weighted by molar-refractivity contribution is 5.98. The van der Waals surface area contributed by atoms with E-state index < -0.39 is 5.91 Å². The van der Waals surface area contributed by atoms with Gasteiger partial charge in [0, 0.05) is 19.0 Å². The van der Waals surface area contributed by atoms with Gasteiger partial charge in [0.25, 0.3) is 5.91 Å². The fourth-order valence-corrected chi connectivity index (χ4v) is 1.66. The Morgan fingerprint density at radius 2 is 2.11 bits per heavy atom. The fourth-order valence-electron chi connectivity index (χ4n) is 1.66. The summed E-state index contributed by atoms with van der Waals surface area (Å²) < 4.78 is 0. The lowest BCUT2D eigenvalue weighted by atomic mass is 10.1. The summed E-state index contributed by atoms with van der Waals surface area (Å²) in [6, 6.07) is 4.89. The Kier molecular flexibility index (Phi) is 3.89. The van der Waals surface area contributed by atoms with E-state index in [4.69, 9.17) is 5.73 Å². The van der Waals surface area contributed by atoms with Crippen molar-refractivity contribution in [2.24, 2.45) is 0 Å². The SMILES string of the molecule is Nc1cccc(C(=O)NCCC(=O)NC2CC2)c1O. The molecule has 0 heterocycles. The van der Waals surface area contributed by atoms with E-state index in [0.717, 1.165) is 12.8 Å². The smallest absolute Gasteiger partial charge is 0.255 e. The number of rotatable bonds is 5. The molecule has 1 aliphatic carbocycles. The van der Waals surface area contributed by atoms with Crippen molar-refractivity contribution in [2.45, 2.75) is 25.3 Å². The summed E-state index contributed by atoms with van der Waals surface area (Å²) in [4.78, 5) is 23.2. The molecule has 1 aromatic carbocycles. The lowest BCUT2D eigenvalue weighted by Gasteiger charge is -2.08. The molecule has 0 unspecified atom stereocenters. The van der Waals surface area contributed by atoms with Crippen molar-refractivity contribution in [2.75, 3.05) is 12.3 Å². The quantitative estimate of drug-likeness (QED) is 0.455. The molecule has 1 aromatic rings. The molecule has 1 aliphatic rings. The molecular formula is C13H17N3O3.